The monoisotopic (exact) mass is 251 g/mol. The molecule has 0 aromatic heterocycles. The summed E-state index contributed by atoms with van der Waals surface area (Å²) in [5, 5.41) is 3.41. The Labute approximate surface area is 110 Å². The maximum atomic E-state index is 5.50. The summed E-state index contributed by atoms with van der Waals surface area (Å²) in [6.07, 6.45) is 3.44. The van der Waals surface area contributed by atoms with Gasteiger partial charge in [-0.25, -0.2) is 0 Å². The van der Waals surface area contributed by atoms with Crippen molar-refractivity contribution in [1.82, 2.24) is 5.32 Å². The van der Waals surface area contributed by atoms with Gasteiger partial charge in [-0.3, -0.25) is 0 Å². The highest BCUT2D eigenvalue weighted by atomic mass is 16.5. The van der Waals surface area contributed by atoms with Crippen molar-refractivity contribution in [3.63, 3.8) is 0 Å². The highest BCUT2D eigenvalue weighted by Gasteiger charge is 1.94. The number of hydrogen-bond acceptors (Lipinski definition) is 3. The summed E-state index contributed by atoms with van der Waals surface area (Å²) in [6.45, 7) is 5.83. The van der Waals surface area contributed by atoms with Crippen LogP contribution in [0.5, 0.6) is 5.75 Å². The van der Waals surface area contributed by atoms with Crippen LogP contribution in [0.25, 0.3) is 0 Å². The first-order valence-electron chi connectivity index (χ1n) is 6.78. The average Bonchev–Trinajstić information content (AvgIpc) is 2.42. The van der Waals surface area contributed by atoms with Crippen molar-refractivity contribution in [2.75, 3.05) is 26.9 Å². The van der Waals surface area contributed by atoms with E-state index in [1.54, 1.807) is 7.11 Å². The zero-order chi connectivity index (χ0) is 13.1. The van der Waals surface area contributed by atoms with E-state index in [0.29, 0.717) is 0 Å². The summed E-state index contributed by atoms with van der Waals surface area (Å²) in [4.78, 5) is 0. The van der Waals surface area contributed by atoms with Gasteiger partial charge < -0.3 is 14.8 Å². The first-order valence-corrected chi connectivity index (χ1v) is 6.78. The highest BCUT2D eigenvalue weighted by Crippen LogP contribution is 2.10. The first-order chi connectivity index (χ1) is 8.86. The number of nitrogens with one attached hydrogen (secondary N) is 1. The largest absolute Gasteiger partial charge is 0.497 e. The van der Waals surface area contributed by atoms with Crippen LogP contribution in [0.3, 0.4) is 0 Å². The molecule has 0 atom stereocenters. The summed E-state index contributed by atoms with van der Waals surface area (Å²) >= 11 is 0. The summed E-state index contributed by atoms with van der Waals surface area (Å²) in [6, 6.07) is 8.16. The SMILES string of the molecule is CCCCOCCCNCc1ccc(OC)cc1. The Morgan fingerprint density at radius 1 is 1.06 bits per heavy atom. The third kappa shape index (κ3) is 6.62. The van der Waals surface area contributed by atoms with Gasteiger partial charge in [0.2, 0.25) is 0 Å². The Hall–Kier alpha value is -1.06. The van der Waals surface area contributed by atoms with Gasteiger partial charge in [0, 0.05) is 19.8 Å². The Kier molecular flexibility index (Phi) is 8.26. The molecule has 0 bridgehead atoms. The lowest BCUT2D eigenvalue weighted by molar-refractivity contribution is 0.129. The fourth-order valence-corrected chi connectivity index (χ4v) is 1.62. The third-order valence-corrected chi connectivity index (χ3v) is 2.77. The third-order valence-electron chi connectivity index (χ3n) is 2.77. The zero-order valence-electron chi connectivity index (χ0n) is 11.6. The molecular formula is C15H25NO2. The second-order valence-corrected chi connectivity index (χ2v) is 4.34. The van der Waals surface area contributed by atoms with Gasteiger partial charge in [-0.05, 0) is 37.1 Å². The van der Waals surface area contributed by atoms with Gasteiger partial charge in [-0.15, -0.1) is 0 Å². The van der Waals surface area contributed by atoms with Gasteiger partial charge in [0.05, 0.1) is 7.11 Å². The van der Waals surface area contributed by atoms with Gasteiger partial charge in [-0.2, -0.15) is 0 Å². The van der Waals surface area contributed by atoms with Crippen LogP contribution in [0, 0.1) is 0 Å². The Morgan fingerprint density at radius 3 is 2.44 bits per heavy atom. The predicted octanol–water partition coefficient (Wildman–Crippen LogP) is 2.99. The molecule has 1 aromatic carbocycles. The van der Waals surface area contributed by atoms with Gasteiger partial charge >= 0.3 is 0 Å². The van der Waals surface area contributed by atoms with Crippen molar-refractivity contribution in [2.24, 2.45) is 0 Å². The normalized spacial score (nSPS) is 10.6. The van der Waals surface area contributed by atoms with Crippen LogP contribution in [0.1, 0.15) is 31.7 Å². The van der Waals surface area contributed by atoms with Crippen molar-refractivity contribution in [3.05, 3.63) is 29.8 Å². The van der Waals surface area contributed by atoms with Crippen LogP contribution in [0.4, 0.5) is 0 Å². The van der Waals surface area contributed by atoms with E-state index in [2.05, 4.69) is 24.4 Å². The zero-order valence-corrected chi connectivity index (χ0v) is 11.6. The Balaban J connectivity index is 2.00. The molecule has 0 radical (unpaired) electrons. The summed E-state index contributed by atoms with van der Waals surface area (Å²) in [5.74, 6) is 0.906. The number of rotatable bonds is 10. The summed E-state index contributed by atoms with van der Waals surface area (Å²) in [7, 11) is 1.69. The minimum atomic E-state index is 0.857. The lowest BCUT2D eigenvalue weighted by Gasteiger charge is -2.06. The van der Waals surface area contributed by atoms with Crippen LogP contribution in [-0.2, 0) is 11.3 Å². The van der Waals surface area contributed by atoms with Crippen molar-refractivity contribution < 1.29 is 9.47 Å². The van der Waals surface area contributed by atoms with Crippen molar-refractivity contribution >= 4 is 0 Å². The van der Waals surface area contributed by atoms with Crippen LogP contribution in [0.2, 0.25) is 0 Å². The number of unbranched alkanes of at least 4 members (excludes halogenated alkanes) is 1. The number of hydrogen-bond donors (Lipinski definition) is 1. The first kappa shape index (κ1) is 15.0. The van der Waals surface area contributed by atoms with Crippen LogP contribution < -0.4 is 10.1 Å². The van der Waals surface area contributed by atoms with Crippen LogP contribution in [0.15, 0.2) is 24.3 Å². The Morgan fingerprint density at radius 2 is 1.78 bits per heavy atom. The van der Waals surface area contributed by atoms with Gasteiger partial charge in [0.15, 0.2) is 0 Å². The number of benzene rings is 1. The molecule has 0 amide bonds. The van der Waals surface area contributed by atoms with E-state index < -0.39 is 0 Å². The molecule has 0 saturated carbocycles. The van der Waals surface area contributed by atoms with Gasteiger partial charge in [-0.1, -0.05) is 25.5 Å². The van der Waals surface area contributed by atoms with Gasteiger partial charge in [0.25, 0.3) is 0 Å². The fourth-order valence-electron chi connectivity index (χ4n) is 1.62. The molecular weight excluding hydrogens is 226 g/mol. The average molecular weight is 251 g/mol. The predicted molar refractivity (Wildman–Crippen MR) is 75.0 cm³/mol. The van der Waals surface area contributed by atoms with E-state index in [4.69, 9.17) is 9.47 Å². The fraction of sp³-hybridized carbons (Fsp3) is 0.600. The quantitative estimate of drug-likeness (QED) is 0.648. The van der Waals surface area contributed by atoms with Crippen LogP contribution in [-0.4, -0.2) is 26.9 Å². The minimum absolute atomic E-state index is 0.857. The van der Waals surface area contributed by atoms with E-state index in [1.807, 2.05) is 12.1 Å². The van der Waals surface area contributed by atoms with Crippen molar-refractivity contribution in [3.8, 4) is 5.75 Å². The maximum absolute atomic E-state index is 5.50. The van der Waals surface area contributed by atoms with Crippen molar-refractivity contribution in [1.29, 1.82) is 0 Å². The van der Waals surface area contributed by atoms with E-state index >= 15 is 0 Å². The molecule has 1 rings (SSSR count). The molecule has 1 N–H and O–H groups in total. The van der Waals surface area contributed by atoms with E-state index in [-0.39, 0.29) is 0 Å². The van der Waals surface area contributed by atoms with E-state index in [1.165, 1.54) is 18.4 Å². The molecule has 1 aromatic rings. The molecule has 3 nitrogen and oxygen atoms in total. The van der Waals surface area contributed by atoms with Crippen LogP contribution >= 0.6 is 0 Å². The van der Waals surface area contributed by atoms with E-state index in [0.717, 1.165) is 38.5 Å². The molecule has 0 fully saturated rings. The smallest absolute Gasteiger partial charge is 0.118 e. The van der Waals surface area contributed by atoms with Crippen molar-refractivity contribution in [2.45, 2.75) is 32.7 Å². The molecule has 0 saturated heterocycles. The molecule has 0 heterocycles. The number of methoxy groups -OCH3 is 1. The van der Waals surface area contributed by atoms with E-state index in [9.17, 15) is 0 Å². The summed E-state index contributed by atoms with van der Waals surface area (Å²) in [5.41, 5.74) is 1.28. The second kappa shape index (κ2) is 9.92. The molecule has 0 spiro atoms. The Bertz CT molecular complexity index is 298. The second-order valence-electron chi connectivity index (χ2n) is 4.34. The lowest BCUT2D eigenvalue weighted by atomic mass is 10.2. The molecule has 0 unspecified atom stereocenters. The topological polar surface area (TPSA) is 30.5 Å². The maximum Gasteiger partial charge on any atom is 0.118 e. The molecule has 3 heteroatoms. The summed E-state index contributed by atoms with van der Waals surface area (Å²) < 4.78 is 10.6. The molecule has 0 aliphatic carbocycles. The number of ether oxygens (including phenoxy) is 2. The minimum Gasteiger partial charge on any atom is -0.497 e. The molecule has 0 aliphatic rings. The highest BCUT2D eigenvalue weighted by molar-refractivity contribution is 5.26. The van der Waals surface area contributed by atoms with Gasteiger partial charge in [0.1, 0.15) is 5.75 Å². The lowest BCUT2D eigenvalue weighted by Crippen LogP contribution is -2.16. The molecule has 18 heavy (non-hydrogen) atoms. The standard InChI is InChI=1S/C15H25NO2/c1-3-4-11-18-12-5-10-16-13-14-6-8-15(17-2)9-7-14/h6-9,16H,3-5,10-13H2,1-2H3. The molecule has 102 valence electrons. The molecule has 0 aliphatic heterocycles.